The molecule has 7 heteroatoms. The molecule has 0 bridgehead atoms. The smallest absolute Gasteiger partial charge is 0.252 e. The summed E-state index contributed by atoms with van der Waals surface area (Å²) in [5, 5.41) is 2.81. The number of hydrogen-bond acceptors (Lipinski definition) is 5. The monoisotopic (exact) mass is 294 g/mol. The lowest BCUT2D eigenvalue weighted by Crippen LogP contribution is -2.63. The van der Waals surface area contributed by atoms with Crippen molar-refractivity contribution in [2.75, 3.05) is 27.4 Å². The summed E-state index contributed by atoms with van der Waals surface area (Å²) in [5.74, 6) is 0.193. The molecule has 3 N–H and O–H groups in total. The van der Waals surface area contributed by atoms with Gasteiger partial charge in [-0.25, -0.2) is 0 Å². The Labute approximate surface area is 122 Å². The molecule has 1 aliphatic heterocycles. The fraction of sp³-hybridized carbons (Fsp3) is 0.429. The molecule has 0 unspecified atom stereocenters. The maximum absolute atomic E-state index is 12.3. The molecule has 1 aromatic rings. The number of carbonyl (C=O) groups excluding carboxylic acids is 2. The van der Waals surface area contributed by atoms with Crippen molar-refractivity contribution in [3.05, 3.63) is 23.8 Å². The minimum absolute atomic E-state index is 0.0476. The average Bonchev–Trinajstić information content (AvgIpc) is 2.43. The molecule has 1 fully saturated rings. The molecule has 2 amide bonds. The Morgan fingerprint density at radius 1 is 1.29 bits per heavy atom. The molecule has 114 valence electrons. The fourth-order valence-electron chi connectivity index (χ4n) is 2.19. The summed E-state index contributed by atoms with van der Waals surface area (Å²) in [6.07, 6.45) is 0.0476. The Kier molecular flexibility index (Phi) is 4.32. The first-order chi connectivity index (χ1) is 9.99. The van der Waals surface area contributed by atoms with Crippen LogP contribution in [0.2, 0.25) is 0 Å². The van der Waals surface area contributed by atoms with E-state index in [-0.39, 0.29) is 25.5 Å². The van der Waals surface area contributed by atoms with Gasteiger partial charge in [0, 0.05) is 5.56 Å². The van der Waals surface area contributed by atoms with Crippen LogP contribution < -0.4 is 20.5 Å². The van der Waals surface area contributed by atoms with Crippen LogP contribution in [0.4, 0.5) is 0 Å². The molecule has 0 radical (unpaired) electrons. The highest BCUT2D eigenvalue weighted by atomic mass is 16.5. The lowest BCUT2D eigenvalue weighted by atomic mass is 9.92. The van der Waals surface area contributed by atoms with E-state index in [1.54, 1.807) is 18.2 Å². The number of carbonyl (C=O) groups is 2. The van der Waals surface area contributed by atoms with E-state index in [0.29, 0.717) is 17.1 Å². The Hall–Kier alpha value is -2.28. The largest absolute Gasteiger partial charge is 0.493 e. The van der Waals surface area contributed by atoms with Gasteiger partial charge in [-0.3, -0.25) is 9.59 Å². The van der Waals surface area contributed by atoms with Crippen LogP contribution in [0.5, 0.6) is 11.5 Å². The van der Waals surface area contributed by atoms with E-state index < -0.39 is 11.4 Å². The zero-order valence-corrected chi connectivity index (χ0v) is 12.0. The van der Waals surface area contributed by atoms with Gasteiger partial charge >= 0.3 is 0 Å². The van der Waals surface area contributed by atoms with Crippen LogP contribution in [0.15, 0.2) is 18.2 Å². The minimum Gasteiger partial charge on any atom is -0.493 e. The van der Waals surface area contributed by atoms with E-state index in [9.17, 15) is 9.59 Å². The molecular weight excluding hydrogens is 276 g/mol. The van der Waals surface area contributed by atoms with Crippen molar-refractivity contribution in [2.45, 2.75) is 12.0 Å². The van der Waals surface area contributed by atoms with Crippen LogP contribution in [0, 0.1) is 0 Å². The molecule has 1 aromatic carbocycles. The molecule has 1 aliphatic rings. The lowest BCUT2D eigenvalue weighted by Gasteiger charge is -2.41. The van der Waals surface area contributed by atoms with Crippen LogP contribution >= 0.6 is 0 Å². The first kappa shape index (κ1) is 15.1. The van der Waals surface area contributed by atoms with Gasteiger partial charge in [-0.05, 0) is 18.2 Å². The van der Waals surface area contributed by atoms with E-state index in [2.05, 4.69) is 5.32 Å². The molecule has 0 spiro atoms. The number of methoxy groups -OCH3 is 2. The SMILES string of the molecule is COc1ccc(C(=O)NC2(CC(N)=O)COC2)cc1OC. The molecule has 1 heterocycles. The summed E-state index contributed by atoms with van der Waals surface area (Å²) < 4.78 is 15.4. The third-order valence-electron chi connectivity index (χ3n) is 3.29. The molecule has 7 nitrogen and oxygen atoms in total. The third-order valence-corrected chi connectivity index (χ3v) is 3.29. The van der Waals surface area contributed by atoms with E-state index >= 15 is 0 Å². The van der Waals surface area contributed by atoms with Crippen molar-refractivity contribution >= 4 is 11.8 Å². The number of rotatable bonds is 6. The quantitative estimate of drug-likeness (QED) is 0.774. The Morgan fingerprint density at radius 2 is 1.95 bits per heavy atom. The summed E-state index contributed by atoms with van der Waals surface area (Å²) in [5.41, 5.74) is 4.90. The van der Waals surface area contributed by atoms with Gasteiger partial charge in [-0.2, -0.15) is 0 Å². The molecule has 0 aliphatic carbocycles. The first-order valence-corrected chi connectivity index (χ1v) is 6.40. The van der Waals surface area contributed by atoms with Crippen molar-refractivity contribution < 1.29 is 23.8 Å². The number of hydrogen-bond donors (Lipinski definition) is 2. The number of benzene rings is 1. The summed E-state index contributed by atoms with van der Waals surface area (Å²) in [6.45, 7) is 0.546. The number of primary amides is 1. The summed E-state index contributed by atoms with van der Waals surface area (Å²) in [6, 6.07) is 4.84. The van der Waals surface area contributed by atoms with Gasteiger partial charge in [0.2, 0.25) is 5.91 Å². The second-order valence-corrected chi connectivity index (χ2v) is 4.94. The molecule has 2 rings (SSSR count). The Bertz CT molecular complexity index is 554. The number of nitrogens with one attached hydrogen (secondary N) is 1. The highest BCUT2D eigenvalue weighted by Gasteiger charge is 2.41. The van der Waals surface area contributed by atoms with Crippen LogP contribution in [-0.2, 0) is 9.53 Å². The highest BCUT2D eigenvalue weighted by Crippen LogP contribution is 2.28. The second kappa shape index (κ2) is 6.01. The molecule has 0 aromatic heterocycles. The molecule has 0 saturated carbocycles. The predicted octanol–water partition coefficient (Wildman–Crippen LogP) is 0.0780. The number of ether oxygens (including phenoxy) is 3. The predicted molar refractivity (Wildman–Crippen MR) is 74.4 cm³/mol. The van der Waals surface area contributed by atoms with Crippen molar-refractivity contribution in [3.8, 4) is 11.5 Å². The zero-order valence-electron chi connectivity index (χ0n) is 12.0. The standard InChI is InChI=1S/C14H18N2O5/c1-19-10-4-3-9(5-11(10)20-2)13(18)16-14(6-12(15)17)7-21-8-14/h3-5H,6-8H2,1-2H3,(H2,15,17)(H,16,18). The van der Waals surface area contributed by atoms with Crippen LogP contribution in [0.3, 0.4) is 0 Å². The summed E-state index contributed by atoms with van der Waals surface area (Å²) >= 11 is 0. The van der Waals surface area contributed by atoms with Gasteiger partial charge in [0.1, 0.15) is 0 Å². The molecule has 21 heavy (non-hydrogen) atoms. The van der Waals surface area contributed by atoms with Gasteiger partial charge in [-0.15, -0.1) is 0 Å². The van der Waals surface area contributed by atoms with Crippen molar-refractivity contribution in [2.24, 2.45) is 5.73 Å². The fourth-order valence-corrected chi connectivity index (χ4v) is 2.19. The van der Waals surface area contributed by atoms with Crippen LogP contribution in [0.25, 0.3) is 0 Å². The second-order valence-electron chi connectivity index (χ2n) is 4.94. The third kappa shape index (κ3) is 3.25. The maximum atomic E-state index is 12.3. The molecule has 0 atom stereocenters. The normalized spacial score (nSPS) is 15.7. The average molecular weight is 294 g/mol. The molecular formula is C14H18N2O5. The van der Waals surface area contributed by atoms with Gasteiger partial charge in [0.05, 0.1) is 39.4 Å². The van der Waals surface area contributed by atoms with Crippen molar-refractivity contribution in [1.82, 2.24) is 5.32 Å². The highest BCUT2D eigenvalue weighted by molar-refractivity contribution is 5.96. The lowest BCUT2D eigenvalue weighted by molar-refractivity contribution is -0.127. The van der Waals surface area contributed by atoms with E-state index in [4.69, 9.17) is 19.9 Å². The van der Waals surface area contributed by atoms with Gasteiger partial charge in [-0.1, -0.05) is 0 Å². The van der Waals surface area contributed by atoms with E-state index in [0.717, 1.165) is 0 Å². The Balaban J connectivity index is 2.14. The Morgan fingerprint density at radius 3 is 2.43 bits per heavy atom. The topological polar surface area (TPSA) is 99.9 Å². The number of amides is 2. The van der Waals surface area contributed by atoms with E-state index in [1.165, 1.54) is 14.2 Å². The first-order valence-electron chi connectivity index (χ1n) is 6.40. The zero-order chi connectivity index (χ0) is 15.5. The van der Waals surface area contributed by atoms with Crippen LogP contribution in [0.1, 0.15) is 16.8 Å². The minimum atomic E-state index is -0.712. The van der Waals surface area contributed by atoms with Gasteiger partial charge < -0.3 is 25.3 Å². The summed E-state index contributed by atoms with van der Waals surface area (Å²) in [7, 11) is 3.01. The molecule has 1 saturated heterocycles. The van der Waals surface area contributed by atoms with Crippen molar-refractivity contribution in [3.63, 3.8) is 0 Å². The van der Waals surface area contributed by atoms with Crippen LogP contribution in [-0.4, -0.2) is 44.8 Å². The summed E-state index contributed by atoms with van der Waals surface area (Å²) in [4.78, 5) is 23.4. The maximum Gasteiger partial charge on any atom is 0.252 e. The van der Waals surface area contributed by atoms with Gasteiger partial charge in [0.15, 0.2) is 11.5 Å². The number of nitrogens with two attached hydrogens (primary N) is 1. The van der Waals surface area contributed by atoms with Crippen molar-refractivity contribution in [1.29, 1.82) is 0 Å². The van der Waals surface area contributed by atoms with E-state index in [1.807, 2.05) is 0 Å². The van der Waals surface area contributed by atoms with Gasteiger partial charge in [0.25, 0.3) is 5.91 Å².